The molecule has 0 radical (unpaired) electrons. The second kappa shape index (κ2) is 9.40. The standard InChI is InChI=1S/C22H26N2O5S/c1-24(19-6-4-3-5-7-19)30(27,28)20-14-12-18(13-15-20)23-21(25)16-8-10-17(11-9-16)22(26)29-2/h8-15,19H,3-7H2,1-2H3,(H,23,25). The molecule has 1 fully saturated rings. The molecule has 1 N–H and O–H groups in total. The summed E-state index contributed by atoms with van der Waals surface area (Å²) in [6.45, 7) is 0. The maximum Gasteiger partial charge on any atom is 0.337 e. The first-order valence-electron chi connectivity index (χ1n) is 9.91. The zero-order chi connectivity index (χ0) is 21.7. The summed E-state index contributed by atoms with van der Waals surface area (Å²) in [5.41, 5.74) is 1.21. The zero-order valence-corrected chi connectivity index (χ0v) is 17.9. The van der Waals surface area contributed by atoms with Crippen molar-refractivity contribution < 1.29 is 22.7 Å². The molecular formula is C22H26N2O5S. The van der Waals surface area contributed by atoms with Crippen molar-refractivity contribution in [1.29, 1.82) is 0 Å². The fraction of sp³-hybridized carbons (Fsp3) is 0.364. The molecule has 0 saturated heterocycles. The monoisotopic (exact) mass is 430 g/mol. The second-order valence-electron chi connectivity index (χ2n) is 7.36. The minimum Gasteiger partial charge on any atom is -0.465 e. The van der Waals surface area contributed by atoms with Crippen LogP contribution in [0, 0.1) is 0 Å². The van der Waals surface area contributed by atoms with Gasteiger partial charge in [-0.2, -0.15) is 4.31 Å². The number of rotatable bonds is 6. The van der Waals surface area contributed by atoms with Crippen molar-refractivity contribution >= 4 is 27.6 Å². The molecule has 0 unspecified atom stereocenters. The van der Waals surface area contributed by atoms with Gasteiger partial charge in [-0.3, -0.25) is 4.79 Å². The van der Waals surface area contributed by atoms with E-state index in [0.29, 0.717) is 16.8 Å². The van der Waals surface area contributed by atoms with Crippen molar-refractivity contribution in [3.8, 4) is 0 Å². The van der Waals surface area contributed by atoms with E-state index in [1.165, 1.54) is 47.8 Å². The third-order valence-electron chi connectivity index (χ3n) is 5.45. The predicted molar refractivity (Wildman–Crippen MR) is 114 cm³/mol. The summed E-state index contributed by atoms with van der Waals surface area (Å²) in [7, 11) is -0.645. The lowest BCUT2D eigenvalue weighted by molar-refractivity contribution is 0.0600. The molecule has 0 atom stereocenters. The quantitative estimate of drug-likeness (QED) is 0.706. The van der Waals surface area contributed by atoms with Gasteiger partial charge in [0.2, 0.25) is 10.0 Å². The molecule has 1 aliphatic rings. The molecule has 1 amide bonds. The Morgan fingerprint density at radius 3 is 2.07 bits per heavy atom. The maximum atomic E-state index is 12.9. The van der Waals surface area contributed by atoms with Gasteiger partial charge in [-0.05, 0) is 61.4 Å². The number of anilines is 1. The smallest absolute Gasteiger partial charge is 0.337 e. The number of amides is 1. The van der Waals surface area contributed by atoms with Crippen LogP contribution in [0.4, 0.5) is 5.69 Å². The third-order valence-corrected chi connectivity index (χ3v) is 7.37. The molecule has 0 spiro atoms. The molecule has 0 heterocycles. The lowest BCUT2D eigenvalue weighted by Gasteiger charge is -2.30. The van der Waals surface area contributed by atoms with E-state index in [-0.39, 0.29) is 16.8 Å². The predicted octanol–water partition coefficient (Wildman–Crippen LogP) is 3.68. The Hall–Kier alpha value is -2.71. The molecule has 2 aromatic carbocycles. The molecule has 2 aromatic rings. The van der Waals surface area contributed by atoms with Gasteiger partial charge in [-0.15, -0.1) is 0 Å². The van der Waals surface area contributed by atoms with Crippen molar-refractivity contribution in [2.45, 2.75) is 43.0 Å². The van der Waals surface area contributed by atoms with Crippen LogP contribution in [0.3, 0.4) is 0 Å². The number of sulfonamides is 1. The number of benzene rings is 2. The number of methoxy groups -OCH3 is 1. The minimum absolute atomic E-state index is 0.0380. The van der Waals surface area contributed by atoms with Crippen LogP contribution in [0.25, 0.3) is 0 Å². The topological polar surface area (TPSA) is 92.8 Å². The molecule has 0 bridgehead atoms. The summed E-state index contributed by atoms with van der Waals surface area (Å²) in [5, 5.41) is 2.73. The summed E-state index contributed by atoms with van der Waals surface area (Å²) in [5.74, 6) is -0.835. The third kappa shape index (κ3) is 4.88. The van der Waals surface area contributed by atoms with E-state index in [9.17, 15) is 18.0 Å². The lowest BCUT2D eigenvalue weighted by Crippen LogP contribution is -2.38. The first kappa shape index (κ1) is 22.0. The normalized spacial score (nSPS) is 15.0. The fourth-order valence-electron chi connectivity index (χ4n) is 3.60. The minimum atomic E-state index is -3.57. The summed E-state index contributed by atoms with van der Waals surface area (Å²) >= 11 is 0. The van der Waals surface area contributed by atoms with Gasteiger partial charge in [0, 0.05) is 24.3 Å². The molecule has 3 rings (SSSR count). The average molecular weight is 431 g/mol. The number of nitrogens with one attached hydrogen (secondary N) is 1. The summed E-state index contributed by atoms with van der Waals surface area (Å²) in [4.78, 5) is 24.1. The van der Waals surface area contributed by atoms with Crippen LogP contribution in [0.15, 0.2) is 53.4 Å². The Morgan fingerprint density at radius 1 is 0.933 bits per heavy atom. The Kier molecular flexibility index (Phi) is 6.89. The Labute approximate surface area is 177 Å². The van der Waals surface area contributed by atoms with E-state index in [2.05, 4.69) is 10.1 Å². The van der Waals surface area contributed by atoms with Crippen LogP contribution in [-0.2, 0) is 14.8 Å². The summed E-state index contributed by atoms with van der Waals surface area (Å²) < 4.78 is 31.9. The van der Waals surface area contributed by atoms with Crippen molar-refractivity contribution in [1.82, 2.24) is 4.31 Å². The number of hydrogen-bond acceptors (Lipinski definition) is 5. The van der Waals surface area contributed by atoms with Crippen LogP contribution in [0.2, 0.25) is 0 Å². The van der Waals surface area contributed by atoms with E-state index >= 15 is 0 Å². The molecule has 160 valence electrons. The molecule has 1 saturated carbocycles. The van der Waals surface area contributed by atoms with Gasteiger partial charge in [0.05, 0.1) is 17.6 Å². The summed E-state index contributed by atoms with van der Waals surface area (Å²) in [6.07, 6.45) is 5.04. The van der Waals surface area contributed by atoms with Crippen LogP contribution >= 0.6 is 0 Å². The Morgan fingerprint density at radius 2 is 1.50 bits per heavy atom. The van der Waals surface area contributed by atoms with Crippen LogP contribution in [-0.4, -0.2) is 44.8 Å². The van der Waals surface area contributed by atoms with E-state index in [4.69, 9.17) is 0 Å². The van der Waals surface area contributed by atoms with Gasteiger partial charge in [0.15, 0.2) is 0 Å². The zero-order valence-electron chi connectivity index (χ0n) is 17.1. The molecule has 30 heavy (non-hydrogen) atoms. The molecular weight excluding hydrogens is 404 g/mol. The van der Waals surface area contributed by atoms with Crippen molar-refractivity contribution in [2.75, 3.05) is 19.5 Å². The second-order valence-corrected chi connectivity index (χ2v) is 9.36. The number of esters is 1. The van der Waals surface area contributed by atoms with E-state index < -0.39 is 16.0 Å². The van der Waals surface area contributed by atoms with Crippen LogP contribution < -0.4 is 5.32 Å². The van der Waals surface area contributed by atoms with Gasteiger partial charge in [-0.1, -0.05) is 19.3 Å². The highest BCUT2D eigenvalue weighted by Crippen LogP contribution is 2.27. The first-order valence-corrected chi connectivity index (χ1v) is 11.3. The van der Waals surface area contributed by atoms with Crippen molar-refractivity contribution in [3.63, 3.8) is 0 Å². The number of carbonyl (C=O) groups is 2. The highest BCUT2D eigenvalue weighted by molar-refractivity contribution is 7.89. The number of ether oxygens (including phenoxy) is 1. The van der Waals surface area contributed by atoms with E-state index in [1.807, 2.05) is 0 Å². The molecule has 8 heteroatoms. The SMILES string of the molecule is COC(=O)c1ccc(C(=O)Nc2ccc(S(=O)(=O)N(C)C3CCCCC3)cc2)cc1. The lowest BCUT2D eigenvalue weighted by atomic mass is 9.96. The highest BCUT2D eigenvalue weighted by Gasteiger charge is 2.28. The van der Waals surface area contributed by atoms with Gasteiger partial charge >= 0.3 is 5.97 Å². The number of carbonyl (C=O) groups excluding carboxylic acids is 2. The molecule has 0 aliphatic heterocycles. The molecule has 0 aromatic heterocycles. The highest BCUT2D eigenvalue weighted by atomic mass is 32.2. The van der Waals surface area contributed by atoms with E-state index in [0.717, 1.165) is 32.1 Å². The maximum absolute atomic E-state index is 12.9. The Balaban J connectivity index is 1.67. The van der Waals surface area contributed by atoms with Crippen LogP contribution in [0.1, 0.15) is 52.8 Å². The number of hydrogen-bond donors (Lipinski definition) is 1. The fourth-order valence-corrected chi connectivity index (χ4v) is 5.01. The first-order chi connectivity index (χ1) is 14.3. The van der Waals surface area contributed by atoms with Crippen molar-refractivity contribution in [2.24, 2.45) is 0 Å². The molecule has 1 aliphatic carbocycles. The molecule has 7 nitrogen and oxygen atoms in total. The van der Waals surface area contributed by atoms with Gasteiger partial charge in [0.25, 0.3) is 5.91 Å². The van der Waals surface area contributed by atoms with Gasteiger partial charge in [-0.25, -0.2) is 13.2 Å². The van der Waals surface area contributed by atoms with Gasteiger partial charge in [0.1, 0.15) is 0 Å². The van der Waals surface area contributed by atoms with Crippen molar-refractivity contribution in [3.05, 3.63) is 59.7 Å². The Bertz CT molecular complexity index is 995. The number of nitrogens with zero attached hydrogens (tertiary/aromatic N) is 1. The summed E-state index contributed by atoms with van der Waals surface area (Å²) in [6, 6.07) is 12.3. The van der Waals surface area contributed by atoms with Gasteiger partial charge < -0.3 is 10.1 Å². The largest absolute Gasteiger partial charge is 0.465 e. The van der Waals surface area contributed by atoms with E-state index in [1.54, 1.807) is 19.2 Å². The van der Waals surface area contributed by atoms with Crippen LogP contribution in [0.5, 0.6) is 0 Å². The average Bonchev–Trinajstić information content (AvgIpc) is 2.79.